The molecule has 0 aromatic heterocycles. The van der Waals surface area contributed by atoms with Crippen molar-refractivity contribution in [2.75, 3.05) is 27.1 Å². The summed E-state index contributed by atoms with van der Waals surface area (Å²) in [5, 5.41) is 0.173. The van der Waals surface area contributed by atoms with Gasteiger partial charge in [-0.15, -0.1) is 0 Å². The molecule has 0 aliphatic heterocycles. The molecule has 6 heteroatoms. The van der Waals surface area contributed by atoms with Gasteiger partial charge in [-0.2, -0.15) is 0 Å². The fraction of sp³-hybridized carbons (Fsp3) is 0.824. The molecule has 1 aliphatic carbocycles. The van der Waals surface area contributed by atoms with Gasteiger partial charge in [-0.3, -0.25) is 4.79 Å². The number of carbonyl (C=O) groups is 1. The van der Waals surface area contributed by atoms with Crippen LogP contribution in [0.4, 0.5) is 0 Å². The standard InChI is InChI=1S/C17H32O5Si/c1-13(18)20-11-15-14(8-9-16(15)21-12-19-5)10-22-23(6,7)17(2,3)4/h8-9,14-16H,10-12H2,1-7H3/t14-,15+,16-/m1/s1. The highest BCUT2D eigenvalue weighted by molar-refractivity contribution is 6.74. The molecular formula is C17H32O5Si. The average Bonchev–Trinajstić information content (AvgIpc) is 2.81. The van der Waals surface area contributed by atoms with Crippen LogP contribution >= 0.6 is 0 Å². The van der Waals surface area contributed by atoms with E-state index in [1.807, 2.05) is 6.08 Å². The lowest BCUT2D eigenvalue weighted by molar-refractivity contribution is -0.145. The van der Waals surface area contributed by atoms with Gasteiger partial charge in [0.25, 0.3) is 0 Å². The zero-order valence-corrected chi connectivity index (χ0v) is 16.5. The third-order valence-electron chi connectivity index (χ3n) is 4.82. The third-order valence-corrected chi connectivity index (χ3v) is 9.32. The molecule has 0 heterocycles. The zero-order chi connectivity index (χ0) is 17.7. The Kier molecular flexibility index (Phi) is 7.45. The van der Waals surface area contributed by atoms with E-state index < -0.39 is 8.32 Å². The van der Waals surface area contributed by atoms with E-state index in [4.69, 9.17) is 18.6 Å². The summed E-state index contributed by atoms with van der Waals surface area (Å²) in [6.07, 6.45) is 4.02. The molecule has 0 unspecified atom stereocenters. The quantitative estimate of drug-likeness (QED) is 0.292. The Labute approximate surface area is 141 Å². The van der Waals surface area contributed by atoms with Gasteiger partial charge in [0.2, 0.25) is 0 Å². The zero-order valence-electron chi connectivity index (χ0n) is 15.5. The number of ether oxygens (including phenoxy) is 3. The summed E-state index contributed by atoms with van der Waals surface area (Å²) in [6, 6.07) is 0. The highest BCUT2D eigenvalue weighted by Gasteiger charge is 2.40. The molecule has 3 atom stereocenters. The fourth-order valence-corrected chi connectivity index (χ4v) is 3.28. The Morgan fingerprint density at radius 3 is 2.35 bits per heavy atom. The summed E-state index contributed by atoms with van der Waals surface area (Å²) >= 11 is 0. The van der Waals surface area contributed by atoms with E-state index in [-0.39, 0.29) is 35.7 Å². The van der Waals surface area contributed by atoms with Gasteiger partial charge >= 0.3 is 5.97 Å². The minimum atomic E-state index is -1.80. The summed E-state index contributed by atoms with van der Waals surface area (Å²) in [5.41, 5.74) is 0. The first-order valence-corrected chi connectivity index (χ1v) is 11.1. The van der Waals surface area contributed by atoms with Crippen LogP contribution in [0.1, 0.15) is 27.7 Å². The predicted molar refractivity (Wildman–Crippen MR) is 92.7 cm³/mol. The highest BCUT2D eigenvalue weighted by atomic mass is 28.4. The smallest absolute Gasteiger partial charge is 0.302 e. The van der Waals surface area contributed by atoms with Crippen LogP contribution in [-0.4, -0.2) is 47.5 Å². The van der Waals surface area contributed by atoms with E-state index in [2.05, 4.69) is 39.9 Å². The van der Waals surface area contributed by atoms with Crippen molar-refractivity contribution >= 4 is 14.3 Å². The first kappa shape index (κ1) is 20.4. The molecule has 0 spiro atoms. The molecule has 23 heavy (non-hydrogen) atoms. The van der Waals surface area contributed by atoms with Crippen LogP contribution < -0.4 is 0 Å². The maximum atomic E-state index is 11.1. The molecule has 0 radical (unpaired) electrons. The minimum absolute atomic E-state index is 0.0684. The van der Waals surface area contributed by atoms with Gasteiger partial charge in [0.15, 0.2) is 8.32 Å². The van der Waals surface area contributed by atoms with E-state index in [0.717, 1.165) is 0 Å². The maximum absolute atomic E-state index is 11.1. The van der Waals surface area contributed by atoms with Crippen LogP contribution in [0.5, 0.6) is 0 Å². The summed E-state index contributed by atoms with van der Waals surface area (Å²) < 4.78 is 22.2. The van der Waals surface area contributed by atoms with Gasteiger partial charge in [0, 0.05) is 32.5 Å². The van der Waals surface area contributed by atoms with Crippen molar-refractivity contribution in [1.82, 2.24) is 0 Å². The monoisotopic (exact) mass is 344 g/mol. The van der Waals surface area contributed by atoms with Gasteiger partial charge < -0.3 is 18.6 Å². The largest absolute Gasteiger partial charge is 0.465 e. The van der Waals surface area contributed by atoms with Gasteiger partial charge in [-0.1, -0.05) is 32.9 Å². The lowest BCUT2D eigenvalue weighted by Crippen LogP contribution is -2.43. The molecule has 0 fully saturated rings. The number of rotatable bonds is 8. The summed E-state index contributed by atoms with van der Waals surface area (Å²) in [6.45, 7) is 13.8. The molecule has 0 saturated heterocycles. The van der Waals surface area contributed by atoms with Crippen molar-refractivity contribution in [3.05, 3.63) is 12.2 Å². The Bertz CT molecular complexity index is 414. The van der Waals surface area contributed by atoms with Crippen molar-refractivity contribution in [2.45, 2.75) is 51.9 Å². The van der Waals surface area contributed by atoms with Crippen LogP contribution in [-0.2, 0) is 23.4 Å². The Morgan fingerprint density at radius 1 is 1.17 bits per heavy atom. The van der Waals surface area contributed by atoms with E-state index >= 15 is 0 Å². The van der Waals surface area contributed by atoms with Crippen molar-refractivity contribution in [1.29, 1.82) is 0 Å². The molecule has 0 saturated carbocycles. The van der Waals surface area contributed by atoms with Crippen LogP contribution in [0.25, 0.3) is 0 Å². The van der Waals surface area contributed by atoms with Gasteiger partial charge in [0.05, 0.1) is 12.7 Å². The topological polar surface area (TPSA) is 54.0 Å². The molecule has 1 aliphatic rings. The molecule has 0 aromatic rings. The normalized spacial score (nSPS) is 24.9. The summed E-state index contributed by atoms with van der Waals surface area (Å²) in [5.74, 6) is -0.0180. The first-order valence-electron chi connectivity index (χ1n) is 8.14. The van der Waals surface area contributed by atoms with Crippen LogP contribution in [0.3, 0.4) is 0 Å². The number of hydrogen-bond donors (Lipinski definition) is 0. The minimum Gasteiger partial charge on any atom is -0.465 e. The molecule has 134 valence electrons. The van der Waals surface area contributed by atoms with Crippen molar-refractivity contribution in [2.24, 2.45) is 11.8 Å². The number of methoxy groups -OCH3 is 1. The maximum Gasteiger partial charge on any atom is 0.302 e. The van der Waals surface area contributed by atoms with Crippen LogP contribution in [0.2, 0.25) is 18.1 Å². The second-order valence-corrected chi connectivity index (χ2v) is 12.4. The van der Waals surface area contributed by atoms with E-state index in [1.165, 1.54) is 6.92 Å². The average molecular weight is 345 g/mol. The number of hydrogen-bond acceptors (Lipinski definition) is 5. The molecule has 0 N–H and O–H groups in total. The van der Waals surface area contributed by atoms with Crippen LogP contribution in [0, 0.1) is 11.8 Å². The fourth-order valence-electron chi connectivity index (χ4n) is 2.24. The van der Waals surface area contributed by atoms with Gasteiger partial charge in [0.1, 0.15) is 6.79 Å². The molecular weight excluding hydrogens is 312 g/mol. The van der Waals surface area contributed by atoms with E-state index in [1.54, 1.807) is 7.11 Å². The van der Waals surface area contributed by atoms with E-state index in [0.29, 0.717) is 13.2 Å². The van der Waals surface area contributed by atoms with Crippen LogP contribution in [0.15, 0.2) is 12.2 Å². The number of carbonyl (C=O) groups excluding carboxylic acids is 1. The van der Waals surface area contributed by atoms with Gasteiger partial charge in [-0.25, -0.2) is 0 Å². The SMILES string of the molecule is COCO[C@@H]1C=C[C@H](CO[Si](C)(C)C(C)(C)C)[C@@H]1COC(C)=O. The molecule has 0 amide bonds. The van der Waals surface area contributed by atoms with Crippen molar-refractivity contribution in [3.8, 4) is 0 Å². The summed E-state index contributed by atoms with van der Waals surface area (Å²) in [4.78, 5) is 11.1. The predicted octanol–water partition coefficient (Wildman–Crippen LogP) is 3.36. The van der Waals surface area contributed by atoms with Crippen molar-refractivity contribution < 1.29 is 23.4 Å². The van der Waals surface area contributed by atoms with E-state index in [9.17, 15) is 4.79 Å². The highest BCUT2D eigenvalue weighted by Crippen LogP contribution is 2.38. The second-order valence-electron chi connectivity index (χ2n) is 7.62. The Hall–Kier alpha value is -0.693. The lowest BCUT2D eigenvalue weighted by atomic mass is 9.95. The molecule has 5 nitrogen and oxygen atoms in total. The lowest BCUT2D eigenvalue weighted by Gasteiger charge is -2.37. The number of esters is 1. The molecule has 0 aromatic carbocycles. The Morgan fingerprint density at radius 2 is 1.83 bits per heavy atom. The second kappa shape index (κ2) is 8.42. The Balaban J connectivity index is 2.67. The summed E-state index contributed by atoms with van der Waals surface area (Å²) in [7, 11) is -0.206. The molecule has 0 bridgehead atoms. The van der Waals surface area contributed by atoms with Crippen molar-refractivity contribution in [3.63, 3.8) is 0 Å². The third kappa shape index (κ3) is 6.03. The van der Waals surface area contributed by atoms with Gasteiger partial charge in [-0.05, 0) is 18.1 Å². The molecule has 1 rings (SSSR count). The first-order chi connectivity index (χ1) is 10.6.